The minimum Gasteiger partial charge on any atom is -0.314 e. The molecule has 4 nitrogen and oxygen atoms in total. The maximum absolute atomic E-state index is 12.8. The molecule has 0 saturated carbocycles. The van der Waals surface area contributed by atoms with Crippen LogP contribution in [0.5, 0.6) is 0 Å². The number of nitrogens with zero attached hydrogens (tertiary/aromatic N) is 3. The van der Waals surface area contributed by atoms with Crippen LogP contribution in [0.25, 0.3) is 5.69 Å². The van der Waals surface area contributed by atoms with Crippen LogP contribution in [0.4, 0.5) is 13.2 Å². The molecule has 0 aliphatic heterocycles. The first-order valence-electron chi connectivity index (χ1n) is 5.35. The number of hydrogen-bond donors (Lipinski definition) is 1. The van der Waals surface area contributed by atoms with E-state index in [1.165, 1.54) is 16.9 Å². The van der Waals surface area contributed by atoms with Crippen LogP contribution in [0.3, 0.4) is 0 Å². The van der Waals surface area contributed by atoms with Gasteiger partial charge in [0.05, 0.1) is 23.1 Å². The molecule has 0 atom stereocenters. The van der Waals surface area contributed by atoms with Crippen LogP contribution in [-0.2, 0) is 12.7 Å². The van der Waals surface area contributed by atoms with Crippen molar-refractivity contribution < 1.29 is 13.2 Å². The SMILES string of the molecule is CNCc1cnnn1-c1ccc(Br)c(C(F)(F)F)c1. The summed E-state index contributed by atoms with van der Waals surface area (Å²) in [6.07, 6.45) is -2.91. The fourth-order valence-corrected chi connectivity index (χ4v) is 2.11. The Morgan fingerprint density at radius 1 is 1.37 bits per heavy atom. The Kier molecular flexibility index (Phi) is 3.91. The van der Waals surface area contributed by atoms with Crippen molar-refractivity contribution in [3.8, 4) is 5.69 Å². The largest absolute Gasteiger partial charge is 0.417 e. The average Bonchev–Trinajstić information content (AvgIpc) is 2.77. The monoisotopic (exact) mass is 334 g/mol. The highest BCUT2D eigenvalue weighted by atomic mass is 79.9. The van der Waals surface area contributed by atoms with Crippen molar-refractivity contribution in [1.29, 1.82) is 0 Å². The van der Waals surface area contributed by atoms with E-state index in [4.69, 9.17) is 0 Å². The summed E-state index contributed by atoms with van der Waals surface area (Å²) < 4.78 is 39.9. The van der Waals surface area contributed by atoms with E-state index in [1.807, 2.05) is 0 Å². The molecule has 0 aliphatic rings. The second-order valence-corrected chi connectivity index (χ2v) is 4.68. The Morgan fingerprint density at radius 2 is 2.11 bits per heavy atom. The van der Waals surface area contributed by atoms with Crippen molar-refractivity contribution in [1.82, 2.24) is 20.3 Å². The predicted molar refractivity (Wildman–Crippen MR) is 66.8 cm³/mol. The van der Waals surface area contributed by atoms with Crippen LogP contribution < -0.4 is 5.32 Å². The lowest BCUT2D eigenvalue weighted by atomic mass is 10.2. The molecule has 0 bridgehead atoms. The normalized spacial score (nSPS) is 11.8. The molecule has 2 aromatic rings. The van der Waals surface area contributed by atoms with E-state index in [2.05, 4.69) is 31.6 Å². The van der Waals surface area contributed by atoms with Gasteiger partial charge in [-0.25, -0.2) is 4.68 Å². The molecule has 19 heavy (non-hydrogen) atoms. The minimum atomic E-state index is -4.42. The molecule has 0 radical (unpaired) electrons. The maximum atomic E-state index is 12.8. The molecule has 0 saturated heterocycles. The second kappa shape index (κ2) is 5.30. The Labute approximate surface area is 115 Å². The van der Waals surface area contributed by atoms with Crippen LogP contribution in [0.15, 0.2) is 28.9 Å². The van der Waals surface area contributed by atoms with Crippen LogP contribution >= 0.6 is 15.9 Å². The van der Waals surface area contributed by atoms with Crippen LogP contribution in [0.1, 0.15) is 11.3 Å². The van der Waals surface area contributed by atoms with E-state index in [1.54, 1.807) is 13.1 Å². The number of benzene rings is 1. The molecule has 102 valence electrons. The summed E-state index contributed by atoms with van der Waals surface area (Å²) >= 11 is 2.90. The first-order chi connectivity index (χ1) is 8.93. The number of halogens is 4. The van der Waals surface area contributed by atoms with E-state index in [0.717, 1.165) is 6.07 Å². The predicted octanol–water partition coefficient (Wildman–Crippen LogP) is 2.77. The Bertz CT molecular complexity index is 580. The van der Waals surface area contributed by atoms with Crippen LogP contribution in [0, 0.1) is 0 Å². The number of alkyl halides is 3. The molecule has 0 spiro atoms. The highest BCUT2D eigenvalue weighted by Gasteiger charge is 2.33. The molecule has 0 aliphatic carbocycles. The summed E-state index contributed by atoms with van der Waals surface area (Å²) in [5.74, 6) is 0. The smallest absolute Gasteiger partial charge is 0.314 e. The summed E-state index contributed by atoms with van der Waals surface area (Å²) in [6.45, 7) is 0.463. The van der Waals surface area contributed by atoms with Crippen LogP contribution in [0.2, 0.25) is 0 Å². The maximum Gasteiger partial charge on any atom is 0.417 e. The third-order valence-electron chi connectivity index (χ3n) is 2.48. The zero-order chi connectivity index (χ0) is 14.0. The fraction of sp³-hybridized carbons (Fsp3) is 0.273. The lowest BCUT2D eigenvalue weighted by Gasteiger charge is -2.12. The Balaban J connectivity index is 2.49. The van der Waals surface area contributed by atoms with Gasteiger partial charge in [0.15, 0.2) is 0 Å². The van der Waals surface area contributed by atoms with E-state index in [-0.39, 0.29) is 4.47 Å². The summed E-state index contributed by atoms with van der Waals surface area (Å²) in [6, 6.07) is 3.94. The number of aromatic nitrogens is 3. The summed E-state index contributed by atoms with van der Waals surface area (Å²) in [5, 5.41) is 10.4. The average molecular weight is 335 g/mol. The minimum absolute atomic E-state index is 0.000896. The van der Waals surface area contributed by atoms with Gasteiger partial charge in [-0.05, 0) is 25.2 Å². The van der Waals surface area contributed by atoms with E-state index in [9.17, 15) is 13.2 Å². The third-order valence-corrected chi connectivity index (χ3v) is 3.17. The van der Waals surface area contributed by atoms with Gasteiger partial charge in [-0.15, -0.1) is 5.10 Å². The van der Waals surface area contributed by atoms with Gasteiger partial charge in [-0.2, -0.15) is 13.2 Å². The lowest BCUT2D eigenvalue weighted by Crippen LogP contribution is -2.12. The van der Waals surface area contributed by atoms with Gasteiger partial charge in [0.25, 0.3) is 0 Å². The number of rotatable bonds is 3. The van der Waals surface area contributed by atoms with Crippen molar-refractivity contribution in [2.75, 3.05) is 7.05 Å². The first-order valence-corrected chi connectivity index (χ1v) is 6.14. The van der Waals surface area contributed by atoms with Crippen molar-refractivity contribution >= 4 is 15.9 Å². The van der Waals surface area contributed by atoms with Crippen molar-refractivity contribution in [3.05, 3.63) is 40.1 Å². The second-order valence-electron chi connectivity index (χ2n) is 3.83. The van der Waals surface area contributed by atoms with Gasteiger partial charge in [0.1, 0.15) is 0 Å². The molecule has 1 aromatic heterocycles. The molecule has 1 aromatic carbocycles. The quantitative estimate of drug-likeness (QED) is 0.938. The molecule has 8 heteroatoms. The summed E-state index contributed by atoms with van der Waals surface area (Å²) in [5.41, 5.74) is 0.257. The third kappa shape index (κ3) is 2.95. The standard InChI is InChI=1S/C11H10BrF3N4/c1-16-5-8-6-17-18-19(8)7-2-3-10(12)9(4-7)11(13,14)15/h2-4,6,16H,5H2,1H3. The zero-order valence-corrected chi connectivity index (χ0v) is 11.5. The van der Waals surface area contributed by atoms with Crippen molar-refractivity contribution in [3.63, 3.8) is 0 Å². The number of hydrogen-bond acceptors (Lipinski definition) is 3. The van der Waals surface area contributed by atoms with Gasteiger partial charge < -0.3 is 5.32 Å². The Hall–Kier alpha value is -1.41. The first kappa shape index (κ1) is 14.0. The summed E-state index contributed by atoms with van der Waals surface area (Å²) in [7, 11) is 1.74. The van der Waals surface area contributed by atoms with Crippen molar-refractivity contribution in [2.24, 2.45) is 0 Å². The molecular weight excluding hydrogens is 325 g/mol. The van der Waals surface area contributed by atoms with Gasteiger partial charge in [0, 0.05) is 11.0 Å². The molecule has 2 rings (SSSR count). The zero-order valence-electron chi connectivity index (χ0n) is 9.87. The van der Waals surface area contributed by atoms with Gasteiger partial charge in [-0.3, -0.25) is 0 Å². The van der Waals surface area contributed by atoms with Gasteiger partial charge in [-0.1, -0.05) is 21.1 Å². The highest BCUT2D eigenvalue weighted by molar-refractivity contribution is 9.10. The molecular formula is C11H10BrF3N4. The molecule has 0 unspecified atom stereocenters. The fourth-order valence-electron chi connectivity index (χ4n) is 1.64. The van der Waals surface area contributed by atoms with E-state index < -0.39 is 11.7 Å². The lowest BCUT2D eigenvalue weighted by molar-refractivity contribution is -0.138. The Morgan fingerprint density at radius 3 is 2.74 bits per heavy atom. The van der Waals surface area contributed by atoms with E-state index >= 15 is 0 Å². The highest BCUT2D eigenvalue weighted by Crippen LogP contribution is 2.35. The van der Waals surface area contributed by atoms with Crippen LogP contribution in [-0.4, -0.2) is 22.0 Å². The molecule has 1 heterocycles. The van der Waals surface area contributed by atoms with Gasteiger partial charge in [0.2, 0.25) is 0 Å². The van der Waals surface area contributed by atoms with Gasteiger partial charge >= 0.3 is 6.18 Å². The van der Waals surface area contributed by atoms with E-state index in [0.29, 0.717) is 17.9 Å². The molecule has 0 fully saturated rings. The number of nitrogens with one attached hydrogen (secondary N) is 1. The topological polar surface area (TPSA) is 42.7 Å². The summed E-state index contributed by atoms with van der Waals surface area (Å²) in [4.78, 5) is 0. The molecule has 1 N–H and O–H groups in total. The molecule has 0 amide bonds. The van der Waals surface area contributed by atoms with Crippen molar-refractivity contribution in [2.45, 2.75) is 12.7 Å².